The Hall–Kier alpha value is -1.51. The Kier molecular flexibility index (Phi) is 4.38. The molecule has 18 heavy (non-hydrogen) atoms. The summed E-state index contributed by atoms with van der Waals surface area (Å²) in [7, 11) is 0. The SMILES string of the molecule is Cc1ccc(C)c(OCC(C)(C)CC(=O)O)c1C. The smallest absolute Gasteiger partial charge is 0.304 e. The van der Waals surface area contributed by atoms with E-state index in [1.807, 2.05) is 40.7 Å². The van der Waals surface area contributed by atoms with Crippen LogP contribution in [0.4, 0.5) is 0 Å². The summed E-state index contributed by atoms with van der Waals surface area (Å²) in [5.74, 6) is 0.0924. The summed E-state index contributed by atoms with van der Waals surface area (Å²) in [6, 6.07) is 4.10. The molecule has 0 unspecified atom stereocenters. The van der Waals surface area contributed by atoms with Gasteiger partial charge in [0.15, 0.2) is 0 Å². The third-order valence-corrected chi connectivity index (χ3v) is 3.11. The number of carboxylic acid groups (broad SMARTS) is 1. The second-order valence-corrected chi connectivity index (χ2v) is 5.68. The molecule has 100 valence electrons. The number of carboxylic acids is 1. The van der Waals surface area contributed by atoms with Crippen molar-refractivity contribution in [2.24, 2.45) is 5.41 Å². The summed E-state index contributed by atoms with van der Waals surface area (Å²) in [6.45, 7) is 10.3. The van der Waals surface area contributed by atoms with Crippen LogP contribution in [0.3, 0.4) is 0 Å². The second-order valence-electron chi connectivity index (χ2n) is 5.68. The Morgan fingerprint density at radius 1 is 1.22 bits per heavy atom. The standard InChI is InChI=1S/C15H22O3/c1-10-6-7-11(2)14(12(10)3)18-9-15(4,5)8-13(16)17/h6-7H,8-9H2,1-5H3,(H,16,17). The van der Waals surface area contributed by atoms with Gasteiger partial charge in [-0.15, -0.1) is 0 Å². The van der Waals surface area contributed by atoms with E-state index in [9.17, 15) is 4.79 Å². The maximum absolute atomic E-state index is 10.8. The molecule has 0 aliphatic rings. The predicted octanol–water partition coefficient (Wildman–Crippen LogP) is 3.49. The highest BCUT2D eigenvalue weighted by Gasteiger charge is 2.23. The van der Waals surface area contributed by atoms with Crippen LogP contribution in [0, 0.1) is 26.2 Å². The lowest BCUT2D eigenvalue weighted by Gasteiger charge is -2.24. The highest BCUT2D eigenvalue weighted by Crippen LogP contribution is 2.29. The van der Waals surface area contributed by atoms with E-state index >= 15 is 0 Å². The lowest BCUT2D eigenvalue weighted by molar-refractivity contribution is -0.139. The molecule has 0 aliphatic carbocycles. The van der Waals surface area contributed by atoms with Gasteiger partial charge in [0.1, 0.15) is 5.75 Å². The van der Waals surface area contributed by atoms with Crippen LogP contribution in [0.1, 0.15) is 37.0 Å². The number of aryl methyl sites for hydroxylation is 2. The van der Waals surface area contributed by atoms with E-state index in [1.165, 1.54) is 5.56 Å². The van der Waals surface area contributed by atoms with Crippen molar-refractivity contribution >= 4 is 5.97 Å². The fraction of sp³-hybridized carbons (Fsp3) is 0.533. The van der Waals surface area contributed by atoms with Gasteiger partial charge >= 0.3 is 5.97 Å². The zero-order valence-electron chi connectivity index (χ0n) is 11.8. The van der Waals surface area contributed by atoms with Crippen molar-refractivity contribution in [1.29, 1.82) is 0 Å². The van der Waals surface area contributed by atoms with Crippen LogP contribution in [0.25, 0.3) is 0 Å². The van der Waals surface area contributed by atoms with Crippen molar-refractivity contribution < 1.29 is 14.6 Å². The molecule has 1 N–H and O–H groups in total. The number of carbonyl (C=O) groups is 1. The molecule has 0 aliphatic heterocycles. The van der Waals surface area contributed by atoms with Crippen molar-refractivity contribution in [1.82, 2.24) is 0 Å². The molecule has 1 rings (SSSR count). The van der Waals surface area contributed by atoms with Crippen LogP contribution in [-0.2, 0) is 4.79 Å². The molecule has 0 heterocycles. The Labute approximate surface area is 109 Å². The number of hydrogen-bond donors (Lipinski definition) is 1. The molecule has 0 saturated heterocycles. The molecule has 0 aromatic heterocycles. The van der Waals surface area contributed by atoms with Crippen molar-refractivity contribution in [3.8, 4) is 5.75 Å². The number of hydrogen-bond acceptors (Lipinski definition) is 2. The van der Waals surface area contributed by atoms with Gasteiger partial charge < -0.3 is 9.84 Å². The highest BCUT2D eigenvalue weighted by molar-refractivity contribution is 5.67. The number of aliphatic carboxylic acids is 1. The predicted molar refractivity (Wildman–Crippen MR) is 72.2 cm³/mol. The Morgan fingerprint density at radius 2 is 1.78 bits per heavy atom. The summed E-state index contributed by atoms with van der Waals surface area (Å²) in [5, 5.41) is 8.84. The number of rotatable bonds is 5. The maximum atomic E-state index is 10.8. The first-order chi connectivity index (χ1) is 8.23. The Balaban J connectivity index is 2.81. The van der Waals surface area contributed by atoms with E-state index in [4.69, 9.17) is 9.84 Å². The van der Waals surface area contributed by atoms with E-state index in [-0.39, 0.29) is 11.8 Å². The van der Waals surface area contributed by atoms with E-state index in [0.29, 0.717) is 6.61 Å². The molecule has 3 heteroatoms. The molecule has 0 saturated carbocycles. The lowest BCUT2D eigenvalue weighted by Crippen LogP contribution is -2.25. The molecule has 1 aromatic carbocycles. The van der Waals surface area contributed by atoms with Gasteiger partial charge in [0.2, 0.25) is 0 Å². The molecule has 0 bridgehead atoms. The molecular formula is C15H22O3. The number of ether oxygens (including phenoxy) is 1. The summed E-state index contributed by atoms with van der Waals surface area (Å²) in [5.41, 5.74) is 3.03. The lowest BCUT2D eigenvalue weighted by atomic mass is 9.90. The van der Waals surface area contributed by atoms with Gasteiger partial charge in [0.25, 0.3) is 0 Å². The van der Waals surface area contributed by atoms with Crippen LogP contribution in [-0.4, -0.2) is 17.7 Å². The normalized spacial score (nSPS) is 11.4. The van der Waals surface area contributed by atoms with Gasteiger partial charge in [-0.25, -0.2) is 0 Å². The Morgan fingerprint density at radius 3 is 2.33 bits per heavy atom. The fourth-order valence-corrected chi connectivity index (χ4v) is 1.88. The monoisotopic (exact) mass is 250 g/mol. The van der Waals surface area contributed by atoms with Gasteiger partial charge in [0.05, 0.1) is 13.0 Å². The summed E-state index contributed by atoms with van der Waals surface area (Å²) >= 11 is 0. The van der Waals surface area contributed by atoms with E-state index < -0.39 is 5.97 Å². The maximum Gasteiger partial charge on any atom is 0.304 e. The molecule has 0 spiro atoms. The van der Waals surface area contributed by atoms with Crippen molar-refractivity contribution in [3.63, 3.8) is 0 Å². The summed E-state index contributed by atoms with van der Waals surface area (Å²) < 4.78 is 5.85. The zero-order chi connectivity index (χ0) is 13.9. The van der Waals surface area contributed by atoms with Crippen LogP contribution in [0.5, 0.6) is 5.75 Å². The Bertz CT molecular complexity index is 447. The third-order valence-electron chi connectivity index (χ3n) is 3.11. The van der Waals surface area contributed by atoms with Gasteiger partial charge in [-0.3, -0.25) is 4.79 Å². The van der Waals surface area contributed by atoms with Crippen LogP contribution >= 0.6 is 0 Å². The average molecular weight is 250 g/mol. The molecule has 1 aromatic rings. The van der Waals surface area contributed by atoms with Crippen LogP contribution in [0.15, 0.2) is 12.1 Å². The fourth-order valence-electron chi connectivity index (χ4n) is 1.88. The minimum Gasteiger partial charge on any atom is -0.492 e. The highest BCUT2D eigenvalue weighted by atomic mass is 16.5. The van der Waals surface area contributed by atoms with Crippen LogP contribution < -0.4 is 4.74 Å². The van der Waals surface area contributed by atoms with E-state index in [1.54, 1.807) is 0 Å². The van der Waals surface area contributed by atoms with Crippen molar-refractivity contribution in [3.05, 3.63) is 28.8 Å². The molecule has 3 nitrogen and oxygen atoms in total. The quantitative estimate of drug-likeness (QED) is 0.870. The van der Waals surface area contributed by atoms with Gasteiger partial charge in [-0.2, -0.15) is 0 Å². The van der Waals surface area contributed by atoms with Gasteiger partial charge in [-0.1, -0.05) is 26.0 Å². The van der Waals surface area contributed by atoms with E-state index in [2.05, 4.69) is 6.07 Å². The van der Waals surface area contributed by atoms with E-state index in [0.717, 1.165) is 16.9 Å². The summed E-state index contributed by atoms with van der Waals surface area (Å²) in [4.78, 5) is 10.8. The zero-order valence-corrected chi connectivity index (χ0v) is 11.8. The number of benzene rings is 1. The minimum absolute atomic E-state index is 0.108. The first-order valence-electron chi connectivity index (χ1n) is 6.14. The molecular weight excluding hydrogens is 228 g/mol. The first kappa shape index (κ1) is 14.6. The largest absolute Gasteiger partial charge is 0.492 e. The molecule has 0 atom stereocenters. The topological polar surface area (TPSA) is 46.5 Å². The third kappa shape index (κ3) is 3.76. The molecule has 0 radical (unpaired) electrons. The van der Waals surface area contributed by atoms with Crippen molar-refractivity contribution in [2.75, 3.05) is 6.61 Å². The molecule has 0 amide bonds. The first-order valence-corrected chi connectivity index (χ1v) is 6.14. The second kappa shape index (κ2) is 5.42. The van der Waals surface area contributed by atoms with Crippen LogP contribution in [0.2, 0.25) is 0 Å². The van der Waals surface area contributed by atoms with Crippen molar-refractivity contribution in [2.45, 2.75) is 41.0 Å². The van der Waals surface area contributed by atoms with Gasteiger partial charge in [0, 0.05) is 5.41 Å². The molecule has 0 fully saturated rings. The van der Waals surface area contributed by atoms with Gasteiger partial charge in [-0.05, 0) is 37.5 Å². The summed E-state index contributed by atoms with van der Waals surface area (Å²) in [6.07, 6.45) is 0.108. The minimum atomic E-state index is -0.790. The average Bonchev–Trinajstić information content (AvgIpc) is 2.22.